The number of esters is 1. The normalized spacial score (nSPS) is 31.9. The Morgan fingerprint density at radius 1 is 0.955 bits per heavy atom. The standard InChI is InChI=1S/C34H42N2O8/c37-16-15-35-30(38)13-14-36-32(39)23-18-28(31-29(19-23)43-34(44-31,24-8-9-24)25-10-11-25)42-33(40)22-6-3-20(4-7-22)1-2-21-5-12-26-27(17-21)41-26/h1-4,6-7,19,21,24-29,31,37H,5,8-18H2,(H,35,38)(H,36,39). The van der Waals surface area contributed by atoms with Crippen LogP contribution in [-0.4, -0.2) is 78.9 Å². The minimum absolute atomic E-state index is 0.0941. The monoisotopic (exact) mass is 606 g/mol. The second kappa shape index (κ2) is 12.4. The molecule has 44 heavy (non-hydrogen) atoms. The average Bonchev–Trinajstić information content (AvgIpc) is 3.90. The Bertz CT molecular complexity index is 1300. The number of hydrogen-bond donors (Lipinski definition) is 3. The quantitative estimate of drug-likeness (QED) is 0.244. The highest BCUT2D eigenvalue weighted by atomic mass is 16.8. The zero-order chi connectivity index (χ0) is 30.3. The van der Waals surface area contributed by atoms with E-state index >= 15 is 0 Å². The molecule has 1 aromatic carbocycles. The number of hydrogen-bond acceptors (Lipinski definition) is 8. The maximum Gasteiger partial charge on any atom is 0.338 e. The number of allylic oxidation sites excluding steroid dienone is 1. The lowest BCUT2D eigenvalue weighted by Gasteiger charge is -2.31. The zero-order valence-corrected chi connectivity index (χ0v) is 25.0. The van der Waals surface area contributed by atoms with Gasteiger partial charge >= 0.3 is 5.97 Å². The molecule has 2 saturated heterocycles. The number of fused-ring (bicyclic) bond motifs is 2. The number of carbonyl (C=O) groups is 3. The van der Waals surface area contributed by atoms with E-state index in [0.29, 0.717) is 41.1 Å². The largest absolute Gasteiger partial charge is 0.456 e. The molecule has 6 atom stereocenters. The van der Waals surface area contributed by atoms with Crippen molar-refractivity contribution in [3.63, 3.8) is 0 Å². The van der Waals surface area contributed by atoms with Crippen LogP contribution in [0.1, 0.15) is 73.7 Å². The zero-order valence-electron chi connectivity index (χ0n) is 25.0. The Kier molecular flexibility index (Phi) is 8.35. The first-order valence-electron chi connectivity index (χ1n) is 16.3. The van der Waals surface area contributed by atoms with Crippen molar-refractivity contribution in [3.8, 4) is 0 Å². The number of benzene rings is 1. The maximum atomic E-state index is 13.4. The van der Waals surface area contributed by atoms with E-state index in [1.165, 1.54) is 0 Å². The highest BCUT2D eigenvalue weighted by molar-refractivity contribution is 5.94. The van der Waals surface area contributed by atoms with Crippen LogP contribution in [0.2, 0.25) is 0 Å². The summed E-state index contributed by atoms with van der Waals surface area (Å²) in [5.74, 6) is -0.536. The third kappa shape index (κ3) is 6.49. The van der Waals surface area contributed by atoms with Crippen LogP contribution in [0.3, 0.4) is 0 Å². The van der Waals surface area contributed by atoms with E-state index in [-0.39, 0.29) is 44.4 Å². The van der Waals surface area contributed by atoms with E-state index in [2.05, 4.69) is 22.8 Å². The van der Waals surface area contributed by atoms with Gasteiger partial charge in [0.25, 0.3) is 0 Å². The van der Waals surface area contributed by atoms with Crippen LogP contribution in [0, 0.1) is 17.8 Å². The van der Waals surface area contributed by atoms with Crippen molar-refractivity contribution in [2.45, 2.75) is 94.1 Å². The first kappa shape index (κ1) is 29.6. The molecule has 3 saturated carbocycles. The number of amides is 2. The Hall–Kier alpha value is -3.05. The molecule has 10 nitrogen and oxygen atoms in total. The lowest BCUT2D eigenvalue weighted by Crippen LogP contribution is -2.44. The topological polar surface area (TPSA) is 136 Å². The molecule has 7 rings (SSSR count). The van der Waals surface area contributed by atoms with Crippen molar-refractivity contribution >= 4 is 23.9 Å². The van der Waals surface area contributed by atoms with Crippen LogP contribution >= 0.6 is 0 Å². The second-order valence-corrected chi connectivity index (χ2v) is 13.1. The van der Waals surface area contributed by atoms with Crippen molar-refractivity contribution in [3.05, 3.63) is 53.1 Å². The summed E-state index contributed by atoms with van der Waals surface area (Å²) in [6.07, 6.45) is 13.2. The van der Waals surface area contributed by atoms with Gasteiger partial charge in [-0.1, -0.05) is 24.3 Å². The molecular formula is C34H42N2O8. The number of epoxide rings is 1. The van der Waals surface area contributed by atoms with Gasteiger partial charge in [-0.05, 0) is 74.6 Å². The molecule has 1 aromatic rings. The molecule has 6 unspecified atom stereocenters. The number of aliphatic hydroxyl groups is 1. The first-order valence-corrected chi connectivity index (χ1v) is 16.3. The van der Waals surface area contributed by atoms with Crippen LogP contribution in [0.15, 0.2) is 42.0 Å². The minimum Gasteiger partial charge on any atom is -0.456 e. The van der Waals surface area contributed by atoms with Crippen LogP contribution in [0.4, 0.5) is 0 Å². The molecule has 236 valence electrons. The van der Waals surface area contributed by atoms with E-state index in [1.807, 2.05) is 18.2 Å². The van der Waals surface area contributed by atoms with Gasteiger partial charge < -0.3 is 34.7 Å². The Morgan fingerprint density at radius 2 is 1.73 bits per heavy atom. The van der Waals surface area contributed by atoms with Crippen LogP contribution in [0.5, 0.6) is 0 Å². The molecule has 2 heterocycles. The lowest BCUT2D eigenvalue weighted by atomic mass is 9.89. The third-order valence-corrected chi connectivity index (χ3v) is 9.78. The van der Waals surface area contributed by atoms with E-state index in [9.17, 15) is 14.4 Å². The summed E-state index contributed by atoms with van der Waals surface area (Å²) in [5, 5.41) is 14.3. The molecule has 0 aromatic heterocycles. The number of nitrogens with one attached hydrogen (secondary N) is 2. The Morgan fingerprint density at radius 3 is 2.43 bits per heavy atom. The van der Waals surface area contributed by atoms with Crippen molar-refractivity contribution in [1.82, 2.24) is 10.6 Å². The predicted octanol–water partition coefficient (Wildman–Crippen LogP) is 3.04. The summed E-state index contributed by atoms with van der Waals surface area (Å²) >= 11 is 0. The van der Waals surface area contributed by atoms with Gasteiger partial charge in [0.2, 0.25) is 11.8 Å². The van der Waals surface area contributed by atoms with Crippen molar-refractivity contribution in [2.24, 2.45) is 17.8 Å². The molecule has 0 spiro atoms. The molecule has 4 aliphatic carbocycles. The summed E-state index contributed by atoms with van der Waals surface area (Å²) < 4.78 is 25.0. The Labute approximate surface area is 257 Å². The van der Waals surface area contributed by atoms with Crippen molar-refractivity contribution < 1.29 is 38.4 Å². The average molecular weight is 607 g/mol. The molecule has 3 N–H and O–H groups in total. The van der Waals surface area contributed by atoms with E-state index in [1.54, 1.807) is 12.1 Å². The van der Waals surface area contributed by atoms with Gasteiger partial charge in [-0.25, -0.2) is 4.79 Å². The van der Waals surface area contributed by atoms with Crippen LogP contribution in [0.25, 0.3) is 6.08 Å². The molecule has 5 fully saturated rings. The second-order valence-electron chi connectivity index (χ2n) is 13.1. The fraction of sp³-hybridized carbons (Fsp3) is 0.618. The van der Waals surface area contributed by atoms with Crippen LogP contribution in [-0.2, 0) is 28.5 Å². The van der Waals surface area contributed by atoms with Gasteiger partial charge in [0, 0.05) is 43.3 Å². The van der Waals surface area contributed by atoms with E-state index in [0.717, 1.165) is 50.5 Å². The summed E-state index contributed by atoms with van der Waals surface area (Å²) in [6, 6.07) is 7.40. The highest BCUT2D eigenvalue weighted by Gasteiger charge is 2.64. The molecule has 0 bridgehead atoms. The minimum atomic E-state index is -0.690. The molecular weight excluding hydrogens is 564 g/mol. The number of carbonyl (C=O) groups excluding carboxylic acids is 3. The van der Waals surface area contributed by atoms with E-state index in [4.69, 9.17) is 24.1 Å². The molecule has 0 radical (unpaired) electrons. The van der Waals surface area contributed by atoms with Gasteiger partial charge in [0.05, 0.1) is 24.4 Å². The molecule has 6 aliphatic rings. The third-order valence-electron chi connectivity index (χ3n) is 9.78. The smallest absolute Gasteiger partial charge is 0.338 e. The van der Waals surface area contributed by atoms with E-state index < -0.39 is 30.1 Å². The number of ether oxygens (including phenoxy) is 4. The fourth-order valence-electron chi connectivity index (χ4n) is 7.05. The van der Waals surface area contributed by atoms with Gasteiger partial charge in [0.15, 0.2) is 5.79 Å². The Balaban J connectivity index is 1.01. The fourth-order valence-corrected chi connectivity index (χ4v) is 7.05. The summed E-state index contributed by atoms with van der Waals surface area (Å²) in [7, 11) is 0. The molecule has 10 heteroatoms. The van der Waals surface area contributed by atoms with Gasteiger partial charge in [-0.2, -0.15) is 0 Å². The maximum absolute atomic E-state index is 13.4. The molecule has 2 aliphatic heterocycles. The summed E-state index contributed by atoms with van der Waals surface area (Å²) in [4.78, 5) is 38.4. The number of rotatable bonds is 12. The van der Waals surface area contributed by atoms with Gasteiger partial charge in [-0.15, -0.1) is 0 Å². The van der Waals surface area contributed by atoms with Gasteiger partial charge in [0.1, 0.15) is 18.3 Å². The highest BCUT2D eigenvalue weighted by Crippen LogP contribution is 2.59. The lowest BCUT2D eigenvalue weighted by molar-refractivity contribution is -0.209. The molecule has 2 amide bonds. The number of aliphatic hydroxyl groups excluding tert-OH is 1. The SMILES string of the molecule is O=C(CCNC(=O)C1=CC2OC(C3CC3)(C3CC3)OC2C(OC(=O)c2ccc(C=CC3CCC4OC4C3)cc2)C1)NCCO. The summed E-state index contributed by atoms with van der Waals surface area (Å²) in [6.45, 7) is 0.177. The first-order chi connectivity index (χ1) is 21.4. The predicted molar refractivity (Wildman–Crippen MR) is 159 cm³/mol. The summed E-state index contributed by atoms with van der Waals surface area (Å²) in [5.41, 5.74) is 1.92. The van der Waals surface area contributed by atoms with Crippen molar-refractivity contribution in [1.29, 1.82) is 0 Å². The van der Waals surface area contributed by atoms with Crippen LogP contribution < -0.4 is 10.6 Å². The van der Waals surface area contributed by atoms with Gasteiger partial charge in [-0.3, -0.25) is 9.59 Å². The van der Waals surface area contributed by atoms with Crippen molar-refractivity contribution in [2.75, 3.05) is 19.7 Å².